The predicted molar refractivity (Wildman–Crippen MR) is 135 cm³/mol. The lowest BCUT2D eigenvalue weighted by Crippen LogP contribution is -2.43. The molecule has 1 aliphatic rings. The van der Waals surface area contributed by atoms with Crippen LogP contribution < -0.4 is 16.0 Å². The van der Waals surface area contributed by atoms with Gasteiger partial charge in [-0.1, -0.05) is 23.7 Å². The number of nitrogens with one attached hydrogen (secondary N) is 3. The quantitative estimate of drug-likeness (QED) is 0.446. The van der Waals surface area contributed by atoms with E-state index in [1.807, 2.05) is 24.3 Å². The van der Waals surface area contributed by atoms with E-state index < -0.39 is 11.8 Å². The van der Waals surface area contributed by atoms with Crippen molar-refractivity contribution in [2.75, 3.05) is 23.7 Å². The molecular formula is C25H25ClN4O3S. The van der Waals surface area contributed by atoms with E-state index in [0.717, 1.165) is 25.1 Å². The van der Waals surface area contributed by atoms with Gasteiger partial charge in [-0.25, -0.2) is 0 Å². The Morgan fingerprint density at radius 3 is 2.32 bits per heavy atom. The van der Waals surface area contributed by atoms with Gasteiger partial charge in [0.1, 0.15) is 0 Å². The van der Waals surface area contributed by atoms with Gasteiger partial charge in [-0.05, 0) is 65.4 Å². The van der Waals surface area contributed by atoms with Crippen molar-refractivity contribution in [2.24, 2.45) is 0 Å². The Kier molecular flexibility index (Phi) is 7.62. The molecule has 0 spiro atoms. The summed E-state index contributed by atoms with van der Waals surface area (Å²) in [6.07, 6.45) is 0.958. The summed E-state index contributed by atoms with van der Waals surface area (Å²) in [6.45, 7) is 3.35. The molecule has 1 unspecified atom stereocenters. The summed E-state index contributed by atoms with van der Waals surface area (Å²) in [7, 11) is 0. The van der Waals surface area contributed by atoms with E-state index >= 15 is 0 Å². The lowest BCUT2D eigenvalue weighted by Gasteiger charge is -2.35. The molecule has 0 bridgehead atoms. The number of hydrogen-bond acceptors (Lipinski definition) is 5. The number of nitrogens with zero attached hydrogens (tertiary/aromatic N) is 1. The molecule has 0 aliphatic carbocycles. The first-order valence-electron chi connectivity index (χ1n) is 10.9. The summed E-state index contributed by atoms with van der Waals surface area (Å²) < 4.78 is 0. The fourth-order valence-corrected chi connectivity index (χ4v) is 4.99. The highest BCUT2D eigenvalue weighted by Crippen LogP contribution is 2.30. The average Bonchev–Trinajstić information content (AvgIpc) is 3.29. The Morgan fingerprint density at radius 1 is 0.971 bits per heavy atom. The summed E-state index contributed by atoms with van der Waals surface area (Å²) in [5.41, 5.74) is 3.40. The summed E-state index contributed by atoms with van der Waals surface area (Å²) in [4.78, 5) is 39.9. The molecule has 0 saturated carbocycles. The van der Waals surface area contributed by atoms with Crippen LogP contribution in [0.2, 0.25) is 5.02 Å². The molecule has 2 aromatic carbocycles. The van der Waals surface area contributed by atoms with Gasteiger partial charge < -0.3 is 16.0 Å². The molecule has 0 saturated heterocycles. The largest absolute Gasteiger partial charge is 0.346 e. The van der Waals surface area contributed by atoms with Crippen LogP contribution in [0.3, 0.4) is 0 Å². The highest BCUT2D eigenvalue weighted by molar-refractivity contribution is 7.10. The molecular weight excluding hydrogens is 472 g/mol. The maximum absolute atomic E-state index is 12.6. The van der Waals surface area contributed by atoms with Crippen molar-refractivity contribution in [1.29, 1.82) is 0 Å². The van der Waals surface area contributed by atoms with Gasteiger partial charge >= 0.3 is 11.8 Å². The molecule has 34 heavy (non-hydrogen) atoms. The Morgan fingerprint density at radius 2 is 1.65 bits per heavy atom. The van der Waals surface area contributed by atoms with Crippen molar-refractivity contribution in [3.8, 4) is 0 Å². The standard InChI is InChI=1S/C25H25ClN4O3S/c1-16(31)28-20-6-8-21(9-7-20)29-25(33)24(32)27-14-22(17-2-4-19(26)5-3-17)30-12-10-23-18(15-30)11-13-34-23/h2-9,11,13,22H,10,12,14-15H2,1H3,(H,27,32)(H,28,31)(H,29,33). The van der Waals surface area contributed by atoms with E-state index in [1.165, 1.54) is 17.4 Å². The fourth-order valence-electron chi connectivity index (χ4n) is 3.98. The number of carbonyl (C=O) groups excluding carboxylic acids is 3. The molecule has 1 aliphatic heterocycles. The maximum atomic E-state index is 12.6. The van der Waals surface area contributed by atoms with Gasteiger partial charge in [0.25, 0.3) is 0 Å². The first-order chi connectivity index (χ1) is 16.4. The van der Waals surface area contributed by atoms with Crippen LogP contribution in [-0.2, 0) is 27.3 Å². The maximum Gasteiger partial charge on any atom is 0.313 e. The molecule has 3 amide bonds. The fraction of sp³-hybridized carbons (Fsp3) is 0.240. The van der Waals surface area contributed by atoms with E-state index in [-0.39, 0.29) is 18.5 Å². The normalized spacial score (nSPS) is 14.1. The Labute approximate surface area is 207 Å². The highest BCUT2D eigenvalue weighted by atomic mass is 35.5. The minimum absolute atomic E-state index is 0.0981. The number of rotatable bonds is 6. The van der Waals surface area contributed by atoms with Crippen LogP contribution in [0.15, 0.2) is 60.0 Å². The van der Waals surface area contributed by atoms with Gasteiger partial charge in [0.2, 0.25) is 5.91 Å². The number of carbonyl (C=O) groups is 3. The van der Waals surface area contributed by atoms with E-state index in [4.69, 9.17) is 11.6 Å². The molecule has 4 rings (SSSR count). The topological polar surface area (TPSA) is 90.5 Å². The second kappa shape index (κ2) is 10.8. The van der Waals surface area contributed by atoms with Gasteiger partial charge in [-0.2, -0.15) is 0 Å². The Hall–Kier alpha value is -3.20. The molecule has 1 atom stereocenters. The van der Waals surface area contributed by atoms with Gasteiger partial charge in [0.05, 0.1) is 6.04 Å². The zero-order valence-corrected chi connectivity index (χ0v) is 20.2. The minimum atomic E-state index is -0.749. The van der Waals surface area contributed by atoms with E-state index in [1.54, 1.807) is 35.6 Å². The number of benzene rings is 2. The van der Waals surface area contributed by atoms with Crippen molar-refractivity contribution < 1.29 is 14.4 Å². The number of anilines is 2. The molecule has 3 aromatic rings. The van der Waals surface area contributed by atoms with Crippen molar-refractivity contribution in [2.45, 2.75) is 25.9 Å². The minimum Gasteiger partial charge on any atom is -0.346 e. The van der Waals surface area contributed by atoms with Gasteiger partial charge in [0, 0.05) is 47.8 Å². The number of hydrogen-bond donors (Lipinski definition) is 3. The monoisotopic (exact) mass is 496 g/mol. The zero-order valence-electron chi connectivity index (χ0n) is 18.6. The summed E-state index contributed by atoms with van der Waals surface area (Å²) in [5, 5.41) is 10.8. The van der Waals surface area contributed by atoms with Crippen LogP contribution in [0.5, 0.6) is 0 Å². The van der Waals surface area contributed by atoms with Crippen LogP contribution in [0.1, 0.15) is 29.0 Å². The number of fused-ring (bicyclic) bond motifs is 1. The average molecular weight is 497 g/mol. The van der Waals surface area contributed by atoms with Crippen molar-refractivity contribution in [1.82, 2.24) is 10.2 Å². The molecule has 176 valence electrons. The molecule has 7 nitrogen and oxygen atoms in total. The molecule has 2 heterocycles. The van der Waals surface area contributed by atoms with Crippen LogP contribution >= 0.6 is 22.9 Å². The lowest BCUT2D eigenvalue weighted by molar-refractivity contribution is -0.136. The third-order valence-corrected chi connectivity index (χ3v) is 6.93. The van der Waals surface area contributed by atoms with Gasteiger partial charge in [-0.15, -0.1) is 11.3 Å². The third-order valence-electron chi connectivity index (χ3n) is 5.66. The molecule has 1 aromatic heterocycles. The number of amides is 3. The number of halogens is 1. The first-order valence-corrected chi connectivity index (χ1v) is 12.2. The smallest absolute Gasteiger partial charge is 0.313 e. The van der Waals surface area contributed by atoms with E-state index in [2.05, 4.69) is 32.3 Å². The predicted octanol–water partition coefficient (Wildman–Crippen LogP) is 4.21. The highest BCUT2D eigenvalue weighted by Gasteiger charge is 2.27. The van der Waals surface area contributed by atoms with Crippen molar-refractivity contribution >= 4 is 52.0 Å². The second-order valence-electron chi connectivity index (χ2n) is 8.08. The molecule has 0 radical (unpaired) electrons. The summed E-state index contributed by atoms with van der Waals surface area (Å²) in [5.74, 6) is -1.64. The molecule has 0 fully saturated rings. The van der Waals surface area contributed by atoms with Gasteiger partial charge in [-0.3, -0.25) is 19.3 Å². The van der Waals surface area contributed by atoms with Crippen LogP contribution in [0.4, 0.5) is 11.4 Å². The Balaban J connectivity index is 1.40. The molecule has 9 heteroatoms. The van der Waals surface area contributed by atoms with E-state index in [9.17, 15) is 14.4 Å². The summed E-state index contributed by atoms with van der Waals surface area (Å²) >= 11 is 7.86. The van der Waals surface area contributed by atoms with E-state index in [0.29, 0.717) is 16.4 Å². The first kappa shape index (κ1) is 23.9. The molecule has 3 N–H and O–H groups in total. The SMILES string of the molecule is CC(=O)Nc1ccc(NC(=O)C(=O)NCC(c2ccc(Cl)cc2)N2CCc3sccc3C2)cc1. The van der Waals surface area contributed by atoms with Crippen LogP contribution in [0.25, 0.3) is 0 Å². The summed E-state index contributed by atoms with van der Waals surface area (Å²) in [6, 6.07) is 16.2. The number of thiophene rings is 1. The zero-order chi connectivity index (χ0) is 24.1. The second-order valence-corrected chi connectivity index (χ2v) is 9.52. The van der Waals surface area contributed by atoms with Crippen molar-refractivity contribution in [3.63, 3.8) is 0 Å². The Bertz CT molecular complexity index is 1180. The lowest BCUT2D eigenvalue weighted by atomic mass is 10.0. The van der Waals surface area contributed by atoms with Crippen molar-refractivity contribution in [3.05, 3.63) is 81.0 Å². The van der Waals surface area contributed by atoms with Gasteiger partial charge in [0.15, 0.2) is 0 Å². The van der Waals surface area contributed by atoms with Crippen LogP contribution in [0, 0.1) is 0 Å². The van der Waals surface area contributed by atoms with Crippen LogP contribution in [-0.4, -0.2) is 35.7 Å². The third kappa shape index (κ3) is 6.02.